The molecule has 0 aromatic heterocycles. The first-order chi connectivity index (χ1) is 7.95. The Morgan fingerprint density at radius 1 is 1.24 bits per heavy atom. The van der Waals surface area contributed by atoms with Gasteiger partial charge in [-0.25, -0.2) is 8.78 Å². The second kappa shape index (κ2) is 5.86. The number of hydrogen-bond donors (Lipinski definition) is 0. The van der Waals surface area contributed by atoms with Gasteiger partial charge >= 0.3 is 5.97 Å². The zero-order valence-electron chi connectivity index (χ0n) is 8.93. The normalized spacial score (nSPS) is 10.1. The maximum atomic E-state index is 13.4. The molecule has 1 aromatic carbocycles. The lowest BCUT2D eigenvalue weighted by molar-refractivity contribution is -0.140. The molecule has 0 unspecified atom stereocenters. The molecule has 0 aliphatic rings. The Kier molecular flexibility index (Phi) is 4.74. The first-order valence-electron chi connectivity index (χ1n) is 4.70. The summed E-state index contributed by atoms with van der Waals surface area (Å²) in [5.74, 6) is -3.27. The van der Waals surface area contributed by atoms with E-state index >= 15 is 0 Å². The van der Waals surface area contributed by atoms with Crippen LogP contribution in [-0.4, -0.2) is 18.9 Å². The Labute approximate surface area is 105 Å². The minimum Gasteiger partial charge on any atom is -0.469 e. The Bertz CT molecular complexity index is 437. The predicted octanol–water partition coefficient (Wildman–Crippen LogP) is 2.86. The van der Waals surface area contributed by atoms with Gasteiger partial charge in [0.1, 0.15) is 11.6 Å². The molecule has 0 aliphatic heterocycles. The second-order valence-electron chi connectivity index (χ2n) is 3.24. The molecule has 0 radical (unpaired) electrons. The van der Waals surface area contributed by atoms with Gasteiger partial charge < -0.3 is 4.74 Å². The lowest BCUT2D eigenvalue weighted by Crippen LogP contribution is -2.09. The summed E-state index contributed by atoms with van der Waals surface area (Å²) in [5.41, 5.74) is -0.628. The average molecular weight is 307 g/mol. The lowest BCUT2D eigenvalue weighted by Gasteiger charge is -2.04. The van der Waals surface area contributed by atoms with E-state index in [2.05, 4.69) is 20.7 Å². The Morgan fingerprint density at radius 3 is 2.24 bits per heavy atom. The molecule has 1 aromatic rings. The fourth-order valence-electron chi connectivity index (χ4n) is 1.25. The molecule has 1 rings (SSSR count). The molecule has 0 fully saturated rings. The Morgan fingerprint density at radius 2 is 1.76 bits per heavy atom. The summed E-state index contributed by atoms with van der Waals surface area (Å²) in [7, 11) is 1.17. The average Bonchev–Trinajstić information content (AvgIpc) is 2.24. The fraction of sp³-hybridized carbons (Fsp3) is 0.273. The van der Waals surface area contributed by atoms with Crippen LogP contribution in [0.2, 0.25) is 0 Å². The minimum atomic E-state index is -0.952. The zero-order valence-corrected chi connectivity index (χ0v) is 10.5. The van der Waals surface area contributed by atoms with Crippen molar-refractivity contribution in [3.8, 4) is 0 Å². The van der Waals surface area contributed by atoms with E-state index in [1.54, 1.807) is 0 Å². The van der Waals surface area contributed by atoms with Gasteiger partial charge in [0.15, 0.2) is 5.78 Å². The summed E-state index contributed by atoms with van der Waals surface area (Å²) >= 11 is 2.90. The molecule has 0 atom stereocenters. The van der Waals surface area contributed by atoms with Crippen molar-refractivity contribution in [1.82, 2.24) is 0 Å². The van der Waals surface area contributed by atoms with Gasteiger partial charge in [0.2, 0.25) is 0 Å². The van der Waals surface area contributed by atoms with Gasteiger partial charge in [-0.3, -0.25) is 9.59 Å². The quantitative estimate of drug-likeness (QED) is 0.634. The van der Waals surface area contributed by atoms with Gasteiger partial charge in [0, 0.05) is 10.9 Å². The smallest absolute Gasteiger partial charge is 0.305 e. The number of halogens is 3. The van der Waals surface area contributed by atoms with Crippen molar-refractivity contribution in [2.24, 2.45) is 0 Å². The molecule has 0 amide bonds. The molecular weight excluding hydrogens is 298 g/mol. The fourth-order valence-corrected chi connectivity index (χ4v) is 1.65. The maximum Gasteiger partial charge on any atom is 0.305 e. The molecule has 0 saturated heterocycles. The van der Waals surface area contributed by atoms with Crippen LogP contribution >= 0.6 is 15.9 Å². The van der Waals surface area contributed by atoms with Crippen LogP contribution in [-0.2, 0) is 9.53 Å². The Hall–Kier alpha value is -1.30. The standard InChI is InChI=1S/C11H9BrF2O3/c1-17-10(16)3-2-9(15)11-7(13)4-6(12)5-8(11)14/h4-5H,2-3H2,1H3. The van der Waals surface area contributed by atoms with E-state index < -0.39 is 29.0 Å². The van der Waals surface area contributed by atoms with Gasteiger partial charge in [-0.15, -0.1) is 0 Å². The first kappa shape index (κ1) is 13.8. The molecule has 0 aliphatic carbocycles. The van der Waals surface area contributed by atoms with E-state index in [4.69, 9.17) is 0 Å². The van der Waals surface area contributed by atoms with Crippen molar-refractivity contribution in [3.63, 3.8) is 0 Å². The minimum absolute atomic E-state index is 0.204. The summed E-state index contributed by atoms with van der Waals surface area (Å²) in [4.78, 5) is 22.3. The van der Waals surface area contributed by atoms with Crippen LogP contribution in [0.5, 0.6) is 0 Å². The van der Waals surface area contributed by atoms with E-state index in [1.807, 2.05) is 0 Å². The molecule has 92 valence electrons. The molecule has 6 heteroatoms. The SMILES string of the molecule is COC(=O)CCC(=O)c1c(F)cc(Br)cc1F. The molecule has 0 N–H and O–H groups in total. The monoisotopic (exact) mass is 306 g/mol. The van der Waals surface area contributed by atoms with E-state index in [-0.39, 0.29) is 17.3 Å². The van der Waals surface area contributed by atoms with Crippen LogP contribution in [0.4, 0.5) is 8.78 Å². The van der Waals surface area contributed by atoms with Crippen molar-refractivity contribution in [1.29, 1.82) is 0 Å². The third kappa shape index (κ3) is 3.59. The number of methoxy groups -OCH3 is 1. The largest absolute Gasteiger partial charge is 0.469 e. The second-order valence-corrected chi connectivity index (χ2v) is 4.16. The van der Waals surface area contributed by atoms with Crippen molar-refractivity contribution >= 4 is 27.7 Å². The van der Waals surface area contributed by atoms with Crippen molar-refractivity contribution in [2.45, 2.75) is 12.8 Å². The van der Waals surface area contributed by atoms with Crippen molar-refractivity contribution in [2.75, 3.05) is 7.11 Å². The summed E-state index contributed by atoms with van der Waals surface area (Å²) in [6.45, 7) is 0. The Balaban J connectivity index is 2.86. The number of Topliss-reactive ketones (excluding diaryl/α,β-unsaturated/α-hetero) is 1. The molecule has 0 spiro atoms. The first-order valence-corrected chi connectivity index (χ1v) is 5.49. The number of rotatable bonds is 4. The van der Waals surface area contributed by atoms with Crippen molar-refractivity contribution < 1.29 is 23.1 Å². The van der Waals surface area contributed by atoms with Gasteiger partial charge in [0.25, 0.3) is 0 Å². The number of carbonyl (C=O) groups excluding carboxylic acids is 2. The molecular formula is C11H9BrF2O3. The van der Waals surface area contributed by atoms with E-state index in [1.165, 1.54) is 7.11 Å². The molecule has 0 bridgehead atoms. The van der Waals surface area contributed by atoms with Crippen LogP contribution in [0.1, 0.15) is 23.2 Å². The van der Waals surface area contributed by atoms with Crippen molar-refractivity contribution in [3.05, 3.63) is 33.8 Å². The van der Waals surface area contributed by atoms with Crippen LogP contribution in [0, 0.1) is 11.6 Å². The van der Waals surface area contributed by atoms with E-state index in [0.717, 1.165) is 12.1 Å². The predicted molar refractivity (Wildman–Crippen MR) is 59.6 cm³/mol. The number of benzene rings is 1. The topological polar surface area (TPSA) is 43.4 Å². The number of hydrogen-bond acceptors (Lipinski definition) is 3. The van der Waals surface area contributed by atoms with Crippen LogP contribution in [0.25, 0.3) is 0 Å². The number of carbonyl (C=O) groups is 2. The van der Waals surface area contributed by atoms with Gasteiger partial charge in [-0.1, -0.05) is 15.9 Å². The molecule has 17 heavy (non-hydrogen) atoms. The summed E-state index contributed by atoms with van der Waals surface area (Å²) < 4.78 is 31.3. The highest BCUT2D eigenvalue weighted by Gasteiger charge is 2.19. The summed E-state index contributed by atoms with van der Waals surface area (Å²) in [6.07, 6.45) is -0.494. The number of ether oxygens (including phenoxy) is 1. The van der Waals surface area contributed by atoms with Crippen LogP contribution < -0.4 is 0 Å². The number of esters is 1. The third-order valence-electron chi connectivity index (χ3n) is 2.07. The summed E-state index contributed by atoms with van der Waals surface area (Å²) in [6, 6.07) is 1.99. The van der Waals surface area contributed by atoms with Gasteiger partial charge in [-0.2, -0.15) is 0 Å². The highest BCUT2D eigenvalue weighted by molar-refractivity contribution is 9.10. The molecule has 0 saturated carbocycles. The summed E-state index contributed by atoms with van der Waals surface area (Å²) in [5, 5.41) is 0. The highest BCUT2D eigenvalue weighted by atomic mass is 79.9. The van der Waals surface area contributed by atoms with Crippen LogP contribution in [0.3, 0.4) is 0 Å². The van der Waals surface area contributed by atoms with E-state index in [0.29, 0.717) is 0 Å². The van der Waals surface area contributed by atoms with Gasteiger partial charge in [0.05, 0.1) is 19.1 Å². The third-order valence-corrected chi connectivity index (χ3v) is 2.53. The number of ketones is 1. The van der Waals surface area contributed by atoms with E-state index in [9.17, 15) is 18.4 Å². The highest BCUT2D eigenvalue weighted by Crippen LogP contribution is 2.21. The molecule has 0 heterocycles. The van der Waals surface area contributed by atoms with Gasteiger partial charge in [-0.05, 0) is 12.1 Å². The maximum absolute atomic E-state index is 13.4. The van der Waals surface area contributed by atoms with Crippen LogP contribution in [0.15, 0.2) is 16.6 Å². The molecule has 3 nitrogen and oxygen atoms in total. The zero-order chi connectivity index (χ0) is 13.0. The lowest BCUT2D eigenvalue weighted by atomic mass is 10.1.